The first-order valence-electron chi connectivity index (χ1n) is 9.97. The molecule has 2 rings (SSSR count). The predicted molar refractivity (Wildman–Crippen MR) is 110 cm³/mol. The largest absolute Gasteiger partial charge is 0.378 e. The molecule has 2 N–H and O–H groups in total. The second kappa shape index (κ2) is 11.6. The van der Waals surface area contributed by atoms with Crippen LogP contribution in [0, 0.1) is 0 Å². The van der Waals surface area contributed by atoms with Gasteiger partial charge in [-0.1, -0.05) is 31.4 Å². The lowest BCUT2D eigenvalue weighted by molar-refractivity contribution is 0.0277. The summed E-state index contributed by atoms with van der Waals surface area (Å²) >= 11 is 0. The highest BCUT2D eigenvalue weighted by atomic mass is 16.5. The molecule has 6 nitrogen and oxygen atoms in total. The molecule has 6 heteroatoms. The lowest BCUT2D eigenvalue weighted by Crippen LogP contribution is -2.37. The Morgan fingerprint density at radius 3 is 2.48 bits per heavy atom. The maximum absolute atomic E-state index is 11.9. The topological polar surface area (TPSA) is 66.0 Å². The van der Waals surface area contributed by atoms with Crippen LogP contribution in [0.15, 0.2) is 29.3 Å². The molecular weight excluding hydrogens is 340 g/mol. The molecule has 1 aromatic rings. The number of hydrogen-bond donors (Lipinski definition) is 2. The Balaban J connectivity index is 1.64. The molecule has 0 radical (unpaired) electrons. The van der Waals surface area contributed by atoms with Crippen LogP contribution in [0.5, 0.6) is 0 Å². The number of carbonyl (C=O) groups excluding carboxylic acids is 1. The third-order valence-electron chi connectivity index (χ3n) is 4.81. The molecule has 0 bridgehead atoms. The van der Waals surface area contributed by atoms with Gasteiger partial charge < -0.3 is 20.3 Å². The summed E-state index contributed by atoms with van der Waals surface area (Å²) < 4.78 is 5.94. The fourth-order valence-electron chi connectivity index (χ4n) is 3.19. The van der Waals surface area contributed by atoms with Gasteiger partial charge in [-0.05, 0) is 37.0 Å². The molecule has 1 aromatic carbocycles. The molecule has 0 heterocycles. The van der Waals surface area contributed by atoms with Crippen LogP contribution in [0.4, 0.5) is 0 Å². The molecule has 0 atom stereocenters. The minimum absolute atomic E-state index is 0.0161. The Bertz CT molecular complexity index is 593. The zero-order valence-electron chi connectivity index (χ0n) is 17.0. The van der Waals surface area contributed by atoms with Crippen molar-refractivity contribution < 1.29 is 9.53 Å². The van der Waals surface area contributed by atoms with Crippen molar-refractivity contribution in [3.05, 3.63) is 35.4 Å². The molecule has 0 saturated heterocycles. The summed E-state index contributed by atoms with van der Waals surface area (Å²) in [6.45, 7) is 2.30. The number of nitrogens with zero attached hydrogens (tertiary/aromatic N) is 2. The summed E-state index contributed by atoms with van der Waals surface area (Å²) in [6, 6.07) is 7.65. The van der Waals surface area contributed by atoms with Gasteiger partial charge in [0.15, 0.2) is 5.96 Å². The van der Waals surface area contributed by atoms with Gasteiger partial charge in [-0.2, -0.15) is 0 Å². The zero-order chi connectivity index (χ0) is 19.5. The molecule has 1 fully saturated rings. The molecule has 1 amide bonds. The Hall–Kier alpha value is -2.08. The number of aliphatic imine (C=N–C) groups is 1. The molecule has 1 saturated carbocycles. The van der Waals surface area contributed by atoms with E-state index in [1.54, 1.807) is 26.0 Å². The highest BCUT2D eigenvalue weighted by Gasteiger charge is 2.13. The van der Waals surface area contributed by atoms with Crippen LogP contribution in [0.3, 0.4) is 0 Å². The quantitative estimate of drug-likeness (QED) is 0.417. The van der Waals surface area contributed by atoms with Crippen molar-refractivity contribution in [2.24, 2.45) is 4.99 Å². The highest BCUT2D eigenvalue weighted by molar-refractivity contribution is 5.93. The molecule has 1 aliphatic carbocycles. The van der Waals surface area contributed by atoms with E-state index in [-0.39, 0.29) is 5.91 Å². The second-order valence-electron chi connectivity index (χ2n) is 7.23. The summed E-state index contributed by atoms with van der Waals surface area (Å²) in [7, 11) is 5.29. The van der Waals surface area contributed by atoms with Gasteiger partial charge in [0.2, 0.25) is 0 Å². The number of rotatable bonds is 8. The zero-order valence-corrected chi connectivity index (χ0v) is 17.0. The minimum Gasteiger partial charge on any atom is -0.378 e. The first kappa shape index (κ1) is 21.2. The summed E-state index contributed by atoms with van der Waals surface area (Å²) in [5.74, 6) is 0.795. The fraction of sp³-hybridized carbons (Fsp3) is 0.619. The van der Waals surface area contributed by atoms with Crippen molar-refractivity contribution in [2.45, 2.75) is 51.2 Å². The lowest BCUT2D eigenvalue weighted by Gasteiger charge is -2.22. The molecule has 0 aliphatic heterocycles. The number of benzene rings is 1. The van der Waals surface area contributed by atoms with E-state index >= 15 is 0 Å². The summed E-state index contributed by atoms with van der Waals surface area (Å²) in [5.41, 5.74) is 1.80. The van der Waals surface area contributed by atoms with Gasteiger partial charge in [0.05, 0.1) is 6.10 Å². The van der Waals surface area contributed by atoms with E-state index in [9.17, 15) is 4.79 Å². The van der Waals surface area contributed by atoms with E-state index in [2.05, 4.69) is 15.6 Å². The standard InChI is InChI=1S/C21H34N4O2/c1-22-21(23-14-7-15-27-19-8-5-4-6-9-19)24-16-17-10-12-18(13-11-17)20(26)25(2)3/h10-13,19H,4-9,14-16H2,1-3H3,(H2,22,23,24). The molecule has 0 unspecified atom stereocenters. The van der Waals surface area contributed by atoms with Crippen molar-refractivity contribution in [3.63, 3.8) is 0 Å². The van der Waals surface area contributed by atoms with Crippen molar-refractivity contribution in [1.29, 1.82) is 0 Å². The molecule has 1 aliphatic rings. The first-order valence-corrected chi connectivity index (χ1v) is 9.97. The summed E-state index contributed by atoms with van der Waals surface area (Å²) in [5, 5.41) is 6.62. The third-order valence-corrected chi connectivity index (χ3v) is 4.81. The van der Waals surface area contributed by atoms with Gasteiger partial charge >= 0.3 is 0 Å². The molecule has 0 aromatic heterocycles. The second-order valence-corrected chi connectivity index (χ2v) is 7.23. The number of nitrogens with one attached hydrogen (secondary N) is 2. The van der Waals surface area contributed by atoms with Crippen LogP contribution >= 0.6 is 0 Å². The fourth-order valence-corrected chi connectivity index (χ4v) is 3.19. The number of ether oxygens (including phenoxy) is 1. The maximum Gasteiger partial charge on any atom is 0.253 e. The van der Waals surface area contributed by atoms with Crippen LogP contribution < -0.4 is 10.6 Å². The Morgan fingerprint density at radius 2 is 1.85 bits per heavy atom. The number of hydrogen-bond acceptors (Lipinski definition) is 3. The average molecular weight is 375 g/mol. The van der Waals surface area contributed by atoms with Gasteiger partial charge in [-0.3, -0.25) is 9.79 Å². The van der Waals surface area contributed by atoms with Crippen molar-refractivity contribution in [3.8, 4) is 0 Å². The van der Waals surface area contributed by atoms with Crippen LogP contribution in [-0.2, 0) is 11.3 Å². The van der Waals surface area contributed by atoms with Gasteiger partial charge in [-0.25, -0.2) is 0 Å². The summed E-state index contributed by atoms with van der Waals surface area (Å²) in [6.07, 6.45) is 7.86. The predicted octanol–water partition coefficient (Wildman–Crippen LogP) is 2.79. The normalized spacial score (nSPS) is 15.4. The monoisotopic (exact) mass is 374 g/mol. The van der Waals surface area contributed by atoms with Gasteiger partial charge in [-0.15, -0.1) is 0 Å². The van der Waals surface area contributed by atoms with Gasteiger partial charge in [0.25, 0.3) is 5.91 Å². The van der Waals surface area contributed by atoms with E-state index < -0.39 is 0 Å². The van der Waals surface area contributed by atoms with Crippen LogP contribution in [0.2, 0.25) is 0 Å². The molecule has 150 valence electrons. The van der Waals surface area contributed by atoms with Gasteiger partial charge in [0, 0.05) is 46.4 Å². The van der Waals surface area contributed by atoms with E-state index in [0.717, 1.165) is 31.1 Å². The number of amides is 1. The van der Waals surface area contributed by atoms with Gasteiger partial charge in [0.1, 0.15) is 0 Å². The van der Waals surface area contributed by atoms with Crippen molar-refractivity contribution >= 4 is 11.9 Å². The minimum atomic E-state index is 0.0161. The Morgan fingerprint density at radius 1 is 1.15 bits per heavy atom. The molecule has 0 spiro atoms. The molecule has 27 heavy (non-hydrogen) atoms. The number of carbonyl (C=O) groups is 1. The summed E-state index contributed by atoms with van der Waals surface area (Å²) in [4.78, 5) is 17.7. The first-order chi connectivity index (χ1) is 13.1. The number of guanidine groups is 1. The lowest BCUT2D eigenvalue weighted by atomic mass is 9.98. The Labute approximate surface area is 163 Å². The van der Waals surface area contributed by atoms with E-state index in [1.165, 1.54) is 32.1 Å². The third kappa shape index (κ3) is 7.59. The highest BCUT2D eigenvalue weighted by Crippen LogP contribution is 2.20. The van der Waals surface area contributed by atoms with Crippen LogP contribution in [0.1, 0.15) is 54.4 Å². The van der Waals surface area contributed by atoms with E-state index in [4.69, 9.17) is 4.74 Å². The van der Waals surface area contributed by atoms with Crippen molar-refractivity contribution in [1.82, 2.24) is 15.5 Å². The molecular formula is C21H34N4O2. The Kier molecular flexibility index (Phi) is 9.11. The van der Waals surface area contributed by atoms with E-state index in [0.29, 0.717) is 18.2 Å². The van der Waals surface area contributed by atoms with Crippen molar-refractivity contribution in [2.75, 3.05) is 34.3 Å². The average Bonchev–Trinajstić information content (AvgIpc) is 2.70. The van der Waals surface area contributed by atoms with E-state index in [1.807, 2.05) is 24.3 Å². The van der Waals surface area contributed by atoms with Crippen LogP contribution in [0.25, 0.3) is 0 Å². The SMILES string of the molecule is CN=C(NCCCOC1CCCCC1)NCc1ccc(C(=O)N(C)C)cc1. The maximum atomic E-state index is 11.9. The van der Waals surface area contributed by atoms with Crippen LogP contribution in [-0.4, -0.2) is 57.2 Å². The smallest absolute Gasteiger partial charge is 0.253 e.